The molecular formula is C13H15BrF3N3O2. The second-order valence-electron chi connectivity index (χ2n) is 5.19. The molecule has 1 fully saturated rings. The first-order chi connectivity index (χ1) is 10.3. The molecule has 0 amide bonds. The van der Waals surface area contributed by atoms with Crippen molar-refractivity contribution in [1.29, 1.82) is 0 Å². The Kier molecular flexibility index (Phi) is 5.06. The van der Waals surface area contributed by atoms with Crippen molar-refractivity contribution in [1.82, 2.24) is 14.9 Å². The second-order valence-corrected chi connectivity index (χ2v) is 6.00. The highest BCUT2D eigenvalue weighted by Crippen LogP contribution is 2.36. The number of rotatable bonds is 3. The largest absolute Gasteiger partial charge is 0.468 e. The maximum Gasteiger partial charge on any atom is 0.401 e. The highest BCUT2D eigenvalue weighted by molar-refractivity contribution is 9.10. The van der Waals surface area contributed by atoms with Crippen LogP contribution in [-0.2, 0) is 14.9 Å². The zero-order chi connectivity index (χ0) is 16.4. The molecule has 2 heterocycles. The van der Waals surface area contributed by atoms with Gasteiger partial charge in [-0.2, -0.15) is 13.2 Å². The summed E-state index contributed by atoms with van der Waals surface area (Å²) in [5.41, 5.74) is -0.612. The van der Waals surface area contributed by atoms with E-state index in [9.17, 15) is 18.0 Å². The van der Waals surface area contributed by atoms with Crippen LogP contribution in [0.15, 0.2) is 17.0 Å². The Hall–Kier alpha value is -1.22. The van der Waals surface area contributed by atoms with Gasteiger partial charge < -0.3 is 4.74 Å². The third kappa shape index (κ3) is 3.75. The SMILES string of the molecule is COC(=O)C1(c2cnc(Br)cn2)CCN(CC(F)(F)F)CC1. The lowest BCUT2D eigenvalue weighted by Gasteiger charge is -2.39. The van der Waals surface area contributed by atoms with Crippen molar-refractivity contribution in [2.45, 2.75) is 24.4 Å². The predicted octanol–water partition coefficient (Wildman–Crippen LogP) is 2.31. The van der Waals surface area contributed by atoms with Gasteiger partial charge in [-0.3, -0.25) is 14.7 Å². The molecule has 0 aromatic carbocycles. The minimum atomic E-state index is -4.25. The minimum absolute atomic E-state index is 0.145. The molecule has 0 atom stereocenters. The molecule has 22 heavy (non-hydrogen) atoms. The first-order valence-electron chi connectivity index (χ1n) is 6.62. The summed E-state index contributed by atoms with van der Waals surface area (Å²) in [5.74, 6) is -0.490. The molecule has 0 aliphatic carbocycles. The number of nitrogens with zero attached hydrogens (tertiary/aromatic N) is 3. The van der Waals surface area contributed by atoms with E-state index < -0.39 is 24.1 Å². The molecule has 1 saturated heterocycles. The van der Waals surface area contributed by atoms with Gasteiger partial charge in [0.1, 0.15) is 10.0 Å². The molecule has 0 N–H and O–H groups in total. The summed E-state index contributed by atoms with van der Waals surface area (Å²) in [4.78, 5) is 21.7. The van der Waals surface area contributed by atoms with Gasteiger partial charge in [-0.15, -0.1) is 0 Å². The van der Waals surface area contributed by atoms with E-state index in [0.717, 1.165) is 0 Å². The van der Waals surface area contributed by atoms with Crippen LogP contribution in [0.3, 0.4) is 0 Å². The van der Waals surface area contributed by atoms with Gasteiger partial charge in [-0.1, -0.05) is 0 Å². The summed E-state index contributed by atoms with van der Waals surface area (Å²) < 4.78 is 42.8. The first-order valence-corrected chi connectivity index (χ1v) is 7.42. The van der Waals surface area contributed by atoms with Gasteiger partial charge in [0.2, 0.25) is 0 Å². The molecule has 0 radical (unpaired) electrons. The first kappa shape index (κ1) is 17.1. The number of hydrogen-bond acceptors (Lipinski definition) is 5. The van der Waals surface area contributed by atoms with Crippen molar-refractivity contribution in [3.8, 4) is 0 Å². The smallest absolute Gasteiger partial charge is 0.401 e. The van der Waals surface area contributed by atoms with Crippen molar-refractivity contribution in [2.75, 3.05) is 26.7 Å². The fraction of sp³-hybridized carbons (Fsp3) is 0.615. The molecule has 0 spiro atoms. The fourth-order valence-corrected chi connectivity index (χ4v) is 2.87. The molecule has 5 nitrogen and oxygen atoms in total. The number of carbonyl (C=O) groups is 1. The Morgan fingerprint density at radius 2 is 2.00 bits per heavy atom. The van der Waals surface area contributed by atoms with Crippen LogP contribution in [0.4, 0.5) is 13.2 Å². The van der Waals surface area contributed by atoms with Gasteiger partial charge in [0.05, 0.1) is 31.7 Å². The number of likely N-dealkylation sites (tertiary alicyclic amines) is 1. The second kappa shape index (κ2) is 6.49. The summed E-state index contributed by atoms with van der Waals surface area (Å²) in [7, 11) is 1.26. The van der Waals surface area contributed by atoms with E-state index in [1.165, 1.54) is 24.4 Å². The molecule has 0 bridgehead atoms. The van der Waals surface area contributed by atoms with Crippen LogP contribution < -0.4 is 0 Å². The molecule has 1 aliphatic heterocycles. The Balaban J connectivity index is 2.20. The van der Waals surface area contributed by atoms with Crippen LogP contribution in [0.1, 0.15) is 18.5 Å². The summed E-state index contributed by atoms with van der Waals surface area (Å²) in [6, 6.07) is 0. The van der Waals surface area contributed by atoms with E-state index in [1.54, 1.807) is 0 Å². The summed E-state index contributed by atoms with van der Waals surface area (Å²) in [6.45, 7) is -0.686. The van der Waals surface area contributed by atoms with Crippen LogP contribution in [-0.4, -0.2) is 53.8 Å². The van der Waals surface area contributed by atoms with E-state index in [2.05, 4.69) is 25.9 Å². The summed E-state index contributed by atoms with van der Waals surface area (Å²) in [6.07, 6.45) is -0.899. The van der Waals surface area contributed by atoms with Crippen molar-refractivity contribution in [3.63, 3.8) is 0 Å². The number of piperidine rings is 1. The van der Waals surface area contributed by atoms with Crippen LogP contribution in [0.5, 0.6) is 0 Å². The third-order valence-electron chi connectivity index (χ3n) is 3.80. The molecule has 0 saturated carbocycles. The van der Waals surface area contributed by atoms with E-state index in [1.807, 2.05) is 0 Å². The van der Waals surface area contributed by atoms with E-state index in [4.69, 9.17) is 4.74 Å². The standard InChI is InChI=1S/C13H15BrF3N3O2/c1-22-11(21)12(9-6-19-10(14)7-18-9)2-4-20(5-3-12)8-13(15,16)17/h6-7H,2-5,8H2,1H3. The highest BCUT2D eigenvalue weighted by atomic mass is 79.9. The topological polar surface area (TPSA) is 55.3 Å². The van der Waals surface area contributed by atoms with E-state index in [-0.39, 0.29) is 25.9 Å². The number of halogens is 4. The molecule has 0 unspecified atom stereocenters. The number of hydrogen-bond donors (Lipinski definition) is 0. The van der Waals surface area contributed by atoms with Crippen molar-refractivity contribution in [3.05, 3.63) is 22.7 Å². The number of esters is 1. The van der Waals surface area contributed by atoms with E-state index in [0.29, 0.717) is 10.3 Å². The zero-order valence-electron chi connectivity index (χ0n) is 11.9. The van der Waals surface area contributed by atoms with Gasteiger partial charge in [-0.25, -0.2) is 4.98 Å². The number of ether oxygens (including phenoxy) is 1. The van der Waals surface area contributed by atoms with Gasteiger partial charge >= 0.3 is 12.1 Å². The van der Waals surface area contributed by atoms with Gasteiger partial charge in [0.15, 0.2) is 0 Å². The lowest BCUT2D eigenvalue weighted by atomic mass is 9.75. The Morgan fingerprint density at radius 1 is 1.36 bits per heavy atom. The Bertz CT molecular complexity index is 528. The predicted molar refractivity (Wildman–Crippen MR) is 75.2 cm³/mol. The molecule has 122 valence electrons. The molecule has 1 aliphatic rings. The van der Waals surface area contributed by atoms with Crippen LogP contribution in [0.2, 0.25) is 0 Å². The number of methoxy groups -OCH3 is 1. The Labute approximate surface area is 134 Å². The summed E-state index contributed by atoms with van der Waals surface area (Å²) >= 11 is 3.16. The van der Waals surface area contributed by atoms with Gasteiger partial charge in [0.25, 0.3) is 0 Å². The van der Waals surface area contributed by atoms with Gasteiger partial charge in [0, 0.05) is 0 Å². The molecule has 9 heteroatoms. The van der Waals surface area contributed by atoms with Crippen LogP contribution in [0.25, 0.3) is 0 Å². The van der Waals surface area contributed by atoms with Crippen molar-refractivity contribution >= 4 is 21.9 Å². The van der Waals surface area contributed by atoms with E-state index >= 15 is 0 Å². The lowest BCUT2D eigenvalue weighted by molar-refractivity contribution is -0.157. The third-order valence-corrected chi connectivity index (χ3v) is 4.21. The maximum atomic E-state index is 12.5. The maximum absolute atomic E-state index is 12.5. The monoisotopic (exact) mass is 381 g/mol. The van der Waals surface area contributed by atoms with Crippen molar-refractivity contribution in [2.24, 2.45) is 0 Å². The fourth-order valence-electron chi connectivity index (χ4n) is 2.67. The van der Waals surface area contributed by atoms with Crippen molar-refractivity contribution < 1.29 is 22.7 Å². The minimum Gasteiger partial charge on any atom is -0.468 e. The highest BCUT2D eigenvalue weighted by Gasteiger charge is 2.46. The summed E-state index contributed by atoms with van der Waals surface area (Å²) in [5, 5.41) is 0. The number of aromatic nitrogens is 2. The molecule has 1 aromatic heterocycles. The lowest BCUT2D eigenvalue weighted by Crippen LogP contribution is -2.50. The molecular weight excluding hydrogens is 367 g/mol. The normalized spacial score (nSPS) is 19.0. The number of alkyl halides is 3. The Morgan fingerprint density at radius 3 is 2.45 bits per heavy atom. The van der Waals surface area contributed by atoms with Gasteiger partial charge in [-0.05, 0) is 41.9 Å². The average molecular weight is 382 g/mol. The average Bonchev–Trinajstić information content (AvgIpc) is 2.47. The quantitative estimate of drug-likeness (QED) is 0.752. The molecule has 2 rings (SSSR count). The van der Waals surface area contributed by atoms with Crippen LogP contribution in [0, 0.1) is 0 Å². The zero-order valence-corrected chi connectivity index (χ0v) is 13.4. The molecule has 1 aromatic rings. The number of carbonyl (C=O) groups excluding carboxylic acids is 1. The van der Waals surface area contributed by atoms with Crippen LogP contribution >= 0.6 is 15.9 Å².